The summed E-state index contributed by atoms with van der Waals surface area (Å²) < 4.78 is 5.31. The molecule has 1 aliphatic carbocycles. The summed E-state index contributed by atoms with van der Waals surface area (Å²) in [6.45, 7) is 3.56. The zero-order chi connectivity index (χ0) is 12.4. The van der Waals surface area contributed by atoms with Crippen LogP contribution in [-0.2, 0) is 0 Å². The minimum absolute atomic E-state index is 0.644. The zero-order valence-corrected chi connectivity index (χ0v) is 11.2. The molecule has 1 fully saturated rings. The molecule has 96 valence electrons. The van der Waals surface area contributed by atoms with Gasteiger partial charge in [0.05, 0.1) is 25.0 Å². The Morgan fingerprint density at radius 3 is 3.00 bits per heavy atom. The molecule has 2 aliphatic rings. The van der Waals surface area contributed by atoms with Gasteiger partial charge in [-0.1, -0.05) is 11.8 Å². The van der Waals surface area contributed by atoms with Crippen LogP contribution in [0.15, 0.2) is 23.3 Å². The number of nitrogens with zero attached hydrogens (tertiary/aromatic N) is 2. The second kappa shape index (κ2) is 5.18. The third-order valence-electron chi connectivity index (χ3n) is 3.11. The molecule has 2 heterocycles. The number of nitrogens with one attached hydrogen (secondary N) is 1. The van der Waals surface area contributed by atoms with Crippen molar-refractivity contribution in [3.05, 3.63) is 18.3 Å². The predicted molar refractivity (Wildman–Crippen MR) is 75.4 cm³/mol. The second-order valence-corrected chi connectivity index (χ2v) is 5.81. The van der Waals surface area contributed by atoms with Gasteiger partial charge in [-0.25, -0.2) is 4.98 Å². The molecule has 0 saturated heterocycles. The zero-order valence-electron chi connectivity index (χ0n) is 10.4. The summed E-state index contributed by atoms with van der Waals surface area (Å²) in [5.74, 6) is 1.57. The number of aromatic nitrogens is 1. The van der Waals surface area contributed by atoms with Crippen LogP contribution >= 0.6 is 11.8 Å². The Balaban J connectivity index is 1.56. The van der Waals surface area contributed by atoms with E-state index < -0.39 is 0 Å². The molecule has 0 radical (unpaired) electrons. The standard InChI is InChI=1S/C13H17N3OS/c1-2-17-12-6-5-10(7-14-12)16-13-15-8-11(18-13)9-3-4-9/h5-7,9,11H,2-4,8H2,1H3,(H,15,16). The summed E-state index contributed by atoms with van der Waals surface area (Å²) in [5, 5.41) is 5.04. The Kier molecular flexibility index (Phi) is 3.41. The average Bonchev–Trinajstić information content (AvgIpc) is 3.13. The molecule has 4 nitrogen and oxygen atoms in total. The second-order valence-electron chi connectivity index (χ2n) is 4.58. The molecule has 1 atom stereocenters. The molecule has 0 aromatic carbocycles. The van der Waals surface area contributed by atoms with E-state index in [1.807, 2.05) is 30.8 Å². The highest BCUT2D eigenvalue weighted by atomic mass is 32.2. The lowest BCUT2D eigenvalue weighted by molar-refractivity contribution is 0.327. The number of ether oxygens (including phenoxy) is 1. The first-order valence-electron chi connectivity index (χ1n) is 6.42. The molecule has 1 N–H and O–H groups in total. The van der Waals surface area contributed by atoms with Crippen LogP contribution in [-0.4, -0.2) is 28.6 Å². The van der Waals surface area contributed by atoms with Crippen molar-refractivity contribution in [2.45, 2.75) is 25.0 Å². The van der Waals surface area contributed by atoms with Crippen LogP contribution in [0.1, 0.15) is 19.8 Å². The van der Waals surface area contributed by atoms with E-state index in [0.29, 0.717) is 17.7 Å². The normalized spacial score (nSPS) is 22.7. The minimum Gasteiger partial charge on any atom is -0.478 e. The molecule has 1 unspecified atom stereocenters. The van der Waals surface area contributed by atoms with Gasteiger partial charge in [0.25, 0.3) is 0 Å². The number of hydrogen-bond acceptors (Lipinski definition) is 5. The molecular weight excluding hydrogens is 246 g/mol. The van der Waals surface area contributed by atoms with Crippen molar-refractivity contribution in [3.63, 3.8) is 0 Å². The van der Waals surface area contributed by atoms with Crippen molar-refractivity contribution in [1.29, 1.82) is 0 Å². The fourth-order valence-corrected chi connectivity index (χ4v) is 3.21. The predicted octanol–water partition coefficient (Wildman–Crippen LogP) is 2.77. The van der Waals surface area contributed by atoms with Crippen molar-refractivity contribution >= 4 is 22.6 Å². The van der Waals surface area contributed by atoms with Crippen LogP contribution in [0.5, 0.6) is 5.88 Å². The Labute approximate surface area is 111 Å². The van der Waals surface area contributed by atoms with Crippen molar-refractivity contribution in [2.75, 3.05) is 18.5 Å². The highest BCUT2D eigenvalue weighted by molar-refractivity contribution is 8.15. The molecule has 0 amide bonds. The Morgan fingerprint density at radius 2 is 2.33 bits per heavy atom. The van der Waals surface area contributed by atoms with Crippen molar-refractivity contribution in [2.24, 2.45) is 10.9 Å². The summed E-state index contributed by atoms with van der Waals surface area (Å²) in [6.07, 6.45) is 4.55. The van der Waals surface area contributed by atoms with E-state index in [9.17, 15) is 0 Å². The van der Waals surface area contributed by atoms with Crippen LogP contribution in [0.2, 0.25) is 0 Å². The molecule has 1 saturated carbocycles. The number of rotatable bonds is 4. The molecule has 5 heteroatoms. The van der Waals surface area contributed by atoms with Gasteiger partial charge >= 0.3 is 0 Å². The fraction of sp³-hybridized carbons (Fsp3) is 0.538. The summed E-state index contributed by atoms with van der Waals surface area (Å²) in [7, 11) is 0. The minimum atomic E-state index is 0.644. The summed E-state index contributed by atoms with van der Waals surface area (Å²) in [6, 6.07) is 3.86. The van der Waals surface area contributed by atoms with Gasteiger partial charge < -0.3 is 10.1 Å². The van der Waals surface area contributed by atoms with Gasteiger partial charge in [0.15, 0.2) is 5.17 Å². The van der Waals surface area contributed by atoms with E-state index in [1.54, 1.807) is 6.20 Å². The molecule has 0 bridgehead atoms. The highest BCUT2D eigenvalue weighted by Gasteiger charge is 2.35. The number of anilines is 1. The number of amidine groups is 1. The van der Waals surface area contributed by atoms with Gasteiger partial charge in [-0.05, 0) is 31.7 Å². The summed E-state index contributed by atoms with van der Waals surface area (Å²) >= 11 is 1.87. The quantitative estimate of drug-likeness (QED) is 0.907. The summed E-state index contributed by atoms with van der Waals surface area (Å²) in [4.78, 5) is 8.77. The van der Waals surface area contributed by atoms with Crippen molar-refractivity contribution < 1.29 is 4.74 Å². The maximum absolute atomic E-state index is 5.31. The number of aliphatic imine (C=N–C) groups is 1. The van der Waals surface area contributed by atoms with Crippen LogP contribution in [0.3, 0.4) is 0 Å². The highest BCUT2D eigenvalue weighted by Crippen LogP contribution is 2.41. The lowest BCUT2D eigenvalue weighted by atomic mass is 10.3. The maximum Gasteiger partial charge on any atom is 0.213 e. The van der Waals surface area contributed by atoms with Gasteiger partial charge in [-0.15, -0.1) is 0 Å². The molecule has 1 aliphatic heterocycles. The first kappa shape index (κ1) is 11.8. The lowest BCUT2D eigenvalue weighted by Crippen LogP contribution is -2.09. The van der Waals surface area contributed by atoms with Gasteiger partial charge in [-0.3, -0.25) is 4.99 Å². The van der Waals surface area contributed by atoms with Gasteiger partial charge in [0, 0.05) is 11.3 Å². The fourth-order valence-electron chi connectivity index (χ4n) is 1.98. The Hall–Kier alpha value is -1.23. The van der Waals surface area contributed by atoms with Crippen LogP contribution in [0, 0.1) is 5.92 Å². The molecular formula is C13H17N3OS. The van der Waals surface area contributed by atoms with Crippen LogP contribution in [0.25, 0.3) is 0 Å². The number of pyridine rings is 1. The third-order valence-corrected chi connectivity index (χ3v) is 4.40. The van der Waals surface area contributed by atoms with Crippen molar-refractivity contribution in [3.8, 4) is 5.88 Å². The van der Waals surface area contributed by atoms with Crippen LogP contribution in [0.4, 0.5) is 5.69 Å². The smallest absolute Gasteiger partial charge is 0.213 e. The SMILES string of the molecule is CCOc1ccc(NC2=NCC(C3CC3)S2)cn1. The average molecular weight is 263 g/mol. The lowest BCUT2D eigenvalue weighted by Gasteiger charge is -2.08. The van der Waals surface area contributed by atoms with E-state index in [4.69, 9.17) is 4.74 Å². The van der Waals surface area contributed by atoms with E-state index in [2.05, 4.69) is 15.3 Å². The Bertz CT molecular complexity index is 442. The maximum atomic E-state index is 5.31. The van der Waals surface area contributed by atoms with E-state index in [0.717, 1.165) is 23.3 Å². The third kappa shape index (κ3) is 2.77. The van der Waals surface area contributed by atoms with Gasteiger partial charge in [-0.2, -0.15) is 0 Å². The van der Waals surface area contributed by atoms with Crippen LogP contribution < -0.4 is 10.1 Å². The molecule has 1 aromatic heterocycles. The largest absolute Gasteiger partial charge is 0.478 e. The molecule has 3 rings (SSSR count). The molecule has 1 aromatic rings. The first-order chi connectivity index (χ1) is 8.85. The first-order valence-corrected chi connectivity index (χ1v) is 7.30. The monoisotopic (exact) mass is 263 g/mol. The van der Waals surface area contributed by atoms with E-state index >= 15 is 0 Å². The number of thioether (sulfide) groups is 1. The van der Waals surface area contributed by atoms with Gasteiger partial charge in [0.1, 0.15) is 0 Å². The summed E-state index contributed by atoms with van der Waals surface area (Å²) in [5.41, 5.74) is 0.973. The molecule has 18 heavy (non-hydrogen) atoms. The van der Waals surface area contributed by atoms with E-state index in [1.165, 1.54) is 12.8 Å². The molecule has 0 spiro atoms. The number of hydrogen-bond donors (Lipinski definition) is 1. The topological polar surface area (TPSA) is 46.5 Å². The van der Waals surface area contributed by atoms with Crippen molar-refractivity contribution in [1.82, 2.24) is 4.98 Å². The van der Waals surface area contributed by atoms with E-state index in [-0.39, 0.29) is 0 Å². The Morgan fingerprint density at radius 1 is 1.44 bits per heavy atom. The van der Waals surface area contributed by atoms with Gasteiger partial charge in [0.2, 0.25) is 5.88 Å².